The molecule has 1 heterocycles. The number of hydrogen-bond acceptors (Lipinski definition) is 3. The number of benzene rings is 3. The van der Waals surface area contributed by atoms with Crippen molar-refractivity contribution in [2.45, 2.75) is 11.8 Å². The summed E-state index contributed by atoms with van der Waals surface area (Å²) in [5, 5.41) is 1.74. The number of aryl methyl sites for hydroxylation is 1. The fraction of sp³-hybridized carbons (Fsp3) is 0.238. The van der Waals surface area contributed by atoms with Gasteiger partial charge >= 0.3 is 0 Å². The van der Waals surface area contributed by atoms with Gasteiger partial charge in [-0.15, -0.1) is 0 Å². The van der Waals surface area contributed by atoms with Gasteiger partial charge in [0.05, 0.1) is 4.90 Å². The van der Waals surface area contributed by atoms with E-state index < -0.39 is 10.0 Å². The molecule has 0 bridgehead atoms. The van der Waals surface area contributed by atoms with Crippen LogP contribution in [0.25, 0.3) is 10.8 Å². The summed E-state index contributed by atoms with van der Waals surface area (Å²) in [6.07, 6.45) is 0. The van der Waals surface area contributed by atoms with E-state index in [1.165, 1.54) is 11.3 Å². The molecule has 0 spiro atoms. The van der Waals surface area contributed by atoms with Gasteiger partial charge in [-0.1, -0.05) is 54.6 Å². The van der Waals surface area contributed by atoms with Crippen molar-refractivity contribution >= 4 is 26.5 Å². The number of rotatable bonds is 3. The van der Waals surface area contributed by atoms with Crippen molar-refractivity contribution in [3.05, 3.63) is 72.3 Å². The minimum atomic E-state index is -3.50. The summed E-state index contributed by atoms with van der Waals surface area (Å²) in [4.78, 5) is 2.67. The first-order chi connectivity index (χ1) is 12.6. The van der Waals surface area contributed by atoms with Crippen molar-refractivity contribution < 1.29 is 8.42 Å². The van der Waals surface area contributed by atoms with E-state index in [2.05, 4.69) is 24.0 Å². The van der Waals surface area contributed by atoms with Gasteiger partial charge in [0, 0.05) is 37.3 Å². The predicted octanol–water partition coefficient (Wildman–Crippen LogP) is 3.66. The lowest BCUT2D eigenvalue weighted by Gasteiger charge is -2.36. The molecule has 0 saturated carbocycles. The van der Waals surface area contributed by atoms with Gasteiger partial charge in [0.25, 0.3) is 0 Å². The minimum absolute atomic E-state index is 0.403. The zero-order valence-corrected chi connectivity index (χ0v) is 15.6. The van der Waals surface area contributed by atoms with Crippen LogP contribution in [0.2, 0.25) is 0 Å². The molecule has 0 radical (unpaired) electrons. The fourth-order valence-electron chi connectivity index (χ4n) is 3.65. The minimum Gasteiger partial charge on any atom is -0.369 e. The van der Waals surface area contributed by atoms with Crippen molar-refractivity contribution in [3.63, 3.8) is 0 Å². The summed E-state index contributed by atoms with van der Waals surface area (Å²) >= 11 is 0. The van der Waals surface area contributed by atoms with Crippen LogP contribution < -0.4 is 4.90 Å². The molecule has 1 aliphatic rings. The molecule has 3 aromatic carbocycles. The van der Waals surface area contributed by atoms with Crippen molar-refractivity contribution in [1.29, 1.82) is 0 Å². The second kappa shape index (κ2) is 6.74. The number of sulfonamides is 1. The molecule has 1 saturated heterocycles. The second-order valence-corrected chi connectivity index (χ2v) is 8.56. The monoisotopic (exact) mass is 366 g/mol. The van der Waals surface area contributed by atoms with Crippen LogP contribution in [-0.2, 0) is 10.0 Å². The van der Waals surface area contributed by atoms with E-state index in [9.17, 15) is 8.42 Å². The third-order valence-corrected chi connectivity index (χ3v) is 7.02. The molecular weight excluding hydrogens is 344 g/mol. The van der Waals surface area contributed by atoms with E-state index in [1.54, 1.807) is 10.4 Å². The summed E-state index contributed by atoms with van der Waals surface area (Å²) in [5.41, 5.74) is 2.41. The molecule has 1 fully saturated rings. The zero-order valence-electron chi connectivity index (χ0n) is 14.8. The van der Waals surface area contributed by atoms with E-state index in [1.807, 2.05) is 48.5 Å². The maximum atomic E-state index is 13.2. The molecule has 0 aromatic heterocycles. The molecule has 5 heteroatoms. The molecule has 4 nitrogen and oxygen atoms in total. The Balaban J connectivity index is 1.60. The number of piperazine rings is 1. The largest absolute Gasteiger partial charge is 0.369 e. The third kappa shape index (κ3) is 2.97. The summed E-state index contributed by atoms with van der Waals surface area (Å²) in [7, 11) is -3.50. The highest BCUT2D eigenvalue weighted by Crippen LogP contribution is 2.27. The number of anilines is 1. The Morgan fingerprint density at radius 1 is 0.769 bits per heavy atom. The van der Waals surface area contributed by atoms with Crippen molar-refractivity contribution in [2.24, 2.45) is 0 Å². The normalized spacial score (nSPS) is 16.1. The topological polar surface area (TPSA) is 40.6 Å². The van der Waals surface area contributed by atoms with Crippen LogP contribution in [0.4, 0.5) is 5.69 Å². The van der Waals surface area contributed by atoms with Gasteiger partial charge in [-0.25, -0.2) is 8.42 Å². The van der Waals surface area contributed by atoms with Crippen LogP contribution in [0.15, 0.2) is 71.6 Å². The molecule has 0 aliphatic carbocycles. The van der Waals surface area contributed by atoms with Gasteiger partial charge in [-0.3, -0.25) is 0 Å². The molecular formula is C21H22N2O2S. The van der Waals surface area contributed by atoms with Crippen molar-refractivity contribution in [1.82, 2.24) is 4.31 Å². The molecule has 26 heavy (non-hydrogen) atoms. The van der Waals surface area contributed by atoms with Crippen LogP contribution >= 0.6 is 0 Å². The lowest BCUT2D eigenvalue weighted by molar-refractivity contribution is 0.385. The fourth-order valence-corrected chi connectivity index (χ4v) is 5.28. The highest BCUT2D eigenvalue weighted by molar-refractivity contribution is 7.89. The molecule has 134 valence electrons. The molecule has 0 unspecified atom stereocenters. The Hall–Kier alpha value is -2.37. The lowest BCUT2D eigenvalue weighted by atomic mass is 10.1. The maximum absolute atomic E-state index is 13.2. The number of hydrogen-bond donors (Lipinski definition) is 0. The van der Waals surface area contributed by atoms with Gasteiger partial charge in [0.15, 0.2) is 0 Å². The van der Waals surface area contributed by atoms with E-state index in [0.717, 1.165) is 10.8 Å². The summed E-state index contributed by atoms with van der Waals surface area (Å²) in [6, 6.07) is 21.4. The molecule has 0 amide bonds. The quantitative estimate of drug-likeness (QED) is 0.710. The average molecular weight is 366 g/mol. The molecule has 3 aromatic rings. The first kappa shape index (κ1) is 17.1. The Kier molecular flexibility index (Phi) is 4.42. The summed E-state index contributed by atoms with van der Waals surface area (Å²) < 4.78 is 28.1. The predicted molar refractivity (Wildman–Crippen MR) is 106 cm³/mol. The summed E-state index contributed by atoms with van der Waals surface area (Å²) in [5.74, 6) is 0. The Labute approximate surface area is 154 Å². The van der Waals surface area contributed by atoms with Crippen molar-refractivity contribution in [2.75, 3.05) is 31.1 Å². The number of nitrogens with zero attached hydrogens (tertiary/aromatic N) is 2. The maximum Gasteiger partial charge on any atom is 0.243 e. The van der Waals surface area contributed by atoms with Gasteiger partial charge in [0.2, 0.25) is 10.0 Å². The third-order valence-electron chi connectivity index (χ3n) is 5.06. The number of fused-ring (bicyclic) bond motifs is 1. The van der Waals surface area contributed by atoms with Crippen LogP contribution in [-0.4, -0.2) is 38.9 Å². The van der Waals surface area contributed by atoms with Gasteiger partial charge in [-0.05, 0) is 30.0 Å². The highest BCUT2D eigenvalue weighted by atomic mass is 32.2. The standard InChI is InChI=1S/C21H22N2O2S/c1-17-7-2-5-11-20(17)22-13-15-23(16-14-22)26(24,25)21-12-6-9-18-8-3-4-10-19(18)21/h2-12H,13-16H2,1H3. The van der Waals surface area contributed by atoms with E-state index in [-0.39, 0.29) is 0 Å². The van der Waals surface area contributed by atoms with Crippen LogP contribution in [0.5, 0.6) is 0 Å². The Bertz CT molecular complexity index is 1030. The number of para-hydroxylation sites is 1. The first-order valence-corrected chi connectivity index (χ1v) is 10.3. The molecule has 0 atom stereocenters. The van der Waals surface area contributed by atoms with Crippen LogP contribution in [0.1, 0.15) is 5.56 Å². The highest BCUT2D eigenvalue weighted by Gasteiger charge is 2.29. The summed E-state index contributed by atoms with van der Waals surface area (Å²) in [6.45, 7) is 4.50. The molecule has 1 aliphatic heterocycles. The van der Waals surface area contributed by atoms with Crippen LogP contribution in [0, 0.1) is 6.92 Å². The SMILES string of the molecule is Cc1ccccc1N1CCN(S(=O)(=O)c2cccc3ccccc23)CC1. The second-order valence-electron chi connectivity index (χ2n) is 6.65. The zero-order chi connectivity index (χ0) is 18.1. The van der Waals surface area contributed by atoms with E-state index in [0.29, 0.717) is 31.1 Å². The lowest BCUT2D eigenvalue weighted by Crippen LogP contribution is -2.48. The first-order valence-electron chi connectivity index (χ1n) is 8.86. The Morgan fingerprint density at radius 2 is 1.42 bits per heavy atom. The smallest absolute Gasteiger partial charge is 0.243 e. The van der Waals surface area contributed by atoms with Crippen LogP contribution in [0.3, 0.4) is 0 Å². The Morgan fingerprint density at radius 3 is 2.19 bits per heavy atom. The van der Waals surface area contributed by atoms with Gasteiger partial charge in [0.1, 0.15) is 0 Å². The van der Waals surface area contributed by atoms with E-state index in [4.69, 9.17) is 0 Å². The van der Waals surface area contributed by atoms with Gasteiger partial charge in [-0.2, -0.15) is 4.31 Å². The van der Waals surface area contributed by atoms with E-state index >= 15 is 0 Å². The van der Waals surface area contributed by atoms with Gasteiger partial charge < -0.3 is 4.90 Å². The molecule has 0 N–H and O–H groups in total. The molecule has 4 rings (SSSR count). The average Bonchev–Trinajstić information content (AvgIpc) is 2.68. The van der Waals surface area contributed by atoms with Crippen molar-refractivity contribution in [3.8, 4) is 0 Å².